The molecule has 1 amide bonds. The Labute approximate surface area is 189 Å². The lowest BCUT2D eigenvalue weighted by atomic mass is 9.92. The third-order valence-corrected chi connectivity index (χ3v) is 6.91. The maximum Gasteiger partial charge on any atom is 0.234 e. The lowest BCUT2D eigenvalue weighted by molar-refractivity contribution is -0.113. The summed E-state index contributed by atoms with van der Waals surface area (Å²) >= 11 is 1.65. The predicted octanol–water partition coefficient (Wildman–Crippen LogP) is 7.50. The highest BCUT2D eigenvalue weighted by atomic mass is 32.2. The summed E-state index contributed by atoms with van der Waals surface area (Å²) in [7, 11) is 0. The molecule has 0 aromatic heterocycles. The quantitative estimate of drug-likeness (QED) is 0.439. The van der Waals surface area contributed by atoms with Crippen LogP contribution in [0.5, 0.6) is 11.5 Å². The van der Waals surface area contributed by atoms with Gasteiger partial charge in [-0.3, -0.25) is 4.79 Å². The van der Waals surface area contributed by atoms with E-state index in [1.165, 1.54) is 11.1 Å². The van der Waals surface area contributed by atoms with Gasteiger partial charge in [-0.05, 0) is 35.1 Å². The van der Waals surface area contributed by atoms with Crippen molar-refractivity contribution in [1.29, 1.82) is 0 Å². The first-order valence-electron chi connectivity index (χ1n) is 10.9. The number of benzene rings is 3. The number of carbonyl (C=O) groups excluding carboxylic acids is 1. The number of anilines is 1. The second kappa shape index (κ2) is 9.19. The van der Waals surface area contributed by atoms with Crippen molar-refractivity contribution in [2.75, 3.05) is 11.1 Å². The molecule has 0 radical (unpaired) electrons. The summed E-state index contributed by atoms with van der Waals surface area (Å²) < 4.78 is 6.08. The van der Waals surface area contributed by atoms with Crippen LogP contribution in [0.2, 0.25) is 0 Å². The molecular formula is C27H29NO2S. The van der Waals surface area contributed by atoms with E-state index in [1.54, 1.807) is 11.8 Å². The molecule has 3 nitrogen and oxygen atoms in total. The van der Waals surface area contributed by atoms with Crippen LogP contribution in [0, 0.1) is 0 Å². The van der Waals surface area contributed by atoms with Gasteiger partial charge in [0.2, 0.25) is 5.91 Å². The minimum absolute atomic E-state index is 0.0291. The van der Waals surface area contributed by atoms with Gasteiger partial charge in [0.1, 0.15) is 11.5 Å². The van der Waals surface area contributed by atoms with E-state index < -0.39 is 0 Å². The first-order valence-corrected chi connectivity index (χ1v) is 11.9. The van der Waals surface area contributed by atoms with Crippen LogP contribution in [0.4, 0.5) is 5.69 Å². The Morgan fingerprint density at radius 1 is 0.839 bits per heavy atom. The van der Waals surface area contributed by atoms with Crippen LogP contribution in [0.3, 0.4) is 0 Å². The molecule has 1 aliphatic rings. The van der Waals surface area contributed by atoms with Crippen LogP contribution in [0.1, 0.15) is 67.0 Å². The van der Waals surface area contributed by atoms with Gasteiger partial charge >= 0.3 is 0 Å². The number of hydrogen-bond acceptors (Lipinski definition) is 3. The summed E-state index contributed by atoms with van der Waals surface area (Å²) in [5.41, 5.74) is 5.58. The Hall–Kier alpha value is -2.72. The zero-order chi connectivity index (χ0) is 22.0. The standard InChI is InChI=1S/C27H29NO2S/c1-17(2)19-12-9-13-20(18(3)4)26(19)28-25(29)16-31-27-21-10-5-7-14-23(21)30-24-15-8-6-11-22(24)27/h5-15,17-18,27H,16H2,1-4H3,(H,28,29). The number of hydrogen-bond donors (Lipinski definition) is 1. The van der Waals surface area contributed by atoms with E-state index in [9.17, 15) is 4.79 Å². The van der Waals surface area contributed by atoms with Crippen LogP contribution in [0.15, 0.2) is 66.7 Å². The van der Waals surface area contributed by atoms with Gasteiger partial charge in [-0.25, -0.2) is 0 Å². The maximum absolute atomic E-state index is 13.1. The first-order chi connectivity index (χ1) is 15.0. The fourth-order valence-electron chi connectivity index (χ4n) is 4.08. The van der Waals surface area contributed by atoms with Crippen molar-refractivity contribution in [1.82, 2.24) is 0 Å². The van der Waals surface area contributed by atoms with Crippen molar-refractivity contribution in [2.45, 2.75) is 44.8 Å². The van der Waals surface area contributed by atoms with Crippen molar-refractivity contribution < 1.29 is 9.53 Å². The summed E-state index contributed by atoms with van der Waals surface area (Å²) in [6.07, 6.45) is 0. The average Bonchev–Trinajstić information content (AvgIpc) is 2.76. The zero-order valence-electron chi connectivity index (χ0n) is 18.5. The molecule has 4 heteroatoms. The number of fused-ring (bicyclic) bond motifs is 2. The van der Waals surface area contributed by atoms with Crippen LogP contribution in [-0.2, 0) is 4.79 Å². The Kier molecular flexibility index (Phi) is 6.38. The highest BCUT2D eigenvalue weighted by Gasteiger charge is 2.28. The van der Waals surface area contributed by atoms with Gasteiger partial charge in [-0.2, -0.15) is 0 Å². The topological polar surface area (TPSA) is 38.3 Å². The molecule has 1 N–H and O–H groups in total. The number of ether oxygens (including phenoxy) is 1. The second-order valence-electron chi connectivity index (χ2n) is 8.54. The highest BCUT2D eigenvalue weighted by molar-refractivity contribution is 8.00. The van der Waals surface area contributed by atoms with Crippen molar-refractivity contribution >= 4 is 23.4 Å². The van der Waals surface area contributed by atoms with E-state index in [0.29, 0.717) is 17.6 Å². The number of nitrogens with one attached hydrogen (secondary N) is 1. The van der Waals surface area contributed by atoms with E-state index in [0.717, 1.165) is 28.3 Å². The van der Waals surface area contributed by atoms with Gasteiger partial charge in [-0.15, -0.1) is 11.8 Å². The van der Waals surface area contributed by atoms with Crippen LogP contribution >= 0.6 is 11.8 Å². The van der Waals surface area contributed by atoms with Crippen LogP contribution < -0.4 is 10.1 Å². The first kappa shape index (κ1) is 21.5. The van der Waals surface area contributed by atoms with E-state index in [1.807, 2.05) is 36.4 Å². The molecule has 0 aliphatic carbocycles. The Balaban J connectivity index is 1.56. The average molecular weight is 432 g/mol. The van der Waals surface area contributed by atoms with Gasteiger partial charge in [0.25, 0.3) is 0 Å². The summed E-state index contributed by atoms with van der Waals surface area (Å²) in [6.45, 7) is 8.67. The third kappa shape index (κ3) is 4.49. The van der Waals surface area contributed by atoms with Gasteiger partial charge < -0.3 is 10.1 Å². The molecule has 0 atom stereocenters. The number of rotatable bonds is 6. The lowest BCUT2D eigenvalue weighted by Gasteiger charge is -2.27. The summed E-state index contributed by atoms with van der Waals surface area (Å²) in [4.78, 5) is 13.1. The number of amides is 1. The van der Waals surface area contributed by atoms with E-state index >= 15 is 0 Å². The SMILES string of the molecule is CC(C)c1cccc(C(C)C)c1NC(=O)CSC1c2ccccc2Oc2ccccc21. The summed E-state index contributed by atoms with van der Waals surface area (Å²) in [5.74, 6) is 2.82. The fraction of sp³-hybridized carbons (Fsp3) is 0.296. The van der Waals surface area contributed by atoms with Gasteiger partial charge in [0.15, 0.2) is 0 Å². The molecule has 160 valence electrons. The molecule has 0 bridgehead atoms. The number of carbonyl (C=O) groups is 1. The van der Waals surface area contributed by atoms with E-state index in [-0.39, 0.29) is 11.2 Å². The smallest absolute Gasteiger partial charge is 0.234 e. The Morgan fingerprint density at radius 2 is 1.35 bits per heavy atom. The molecular weight excluding hydrogens is 402 g/mol. The fourth-order valence-corrected chi connectivity index (χ4v) is 5.21. The minimum atomic E-state index is 0.0291. The molecule has 1 aliphatic heterocycles. The molecule has 1 heterocycles. The molecule has 0 spiro atoms. The molecule has 3 aromatic rings. The van der Waals surface area contributed by atoms with E-state index in [4.69, 9.17) is 4.74 Å². The zero-order valence-corrected chi connectivity index (χ0v) is 19.3. The molecule has 0 saturated heterocycles. The third-order valence-electron chi connectivity index (χ3n) is 5.64. The minimum Gasteiger partial charge on any atom is -0.457 e. The molecule has 31 heavy (non-hydrogen) atoms. The normalized spacial score (nSPS) is 13.0. The van der Waals surface area contributed by atoms with Crippen molar-refractivity contribution in [3.05, 3.63) is 89.0 Å². The molecule has 3 aromatic carbocycles. The van der Waals surface area contributed by atoms with Gasteiger partial charge in [-0.1, -0.05) is 82.3 Å². The monoisotopic (exact) mass is 431 g/mol. The predicted molar refractivity (Wildman–Crippen MR) is 131 cm³/mol. The Morgan fingerprint density at radius 3 is 1.87 bits per heavy atom. The van der Waals surface area contributed by atoms with Crippen molar-refractivity contribution in [2.24, 2.45) is 0 Å². The molecule has 4 rings (SSSR count). The van der Waals surface area contributed by atoms with Gasteiger partial charge in [0, 0.05) is 16.8 Å². The summed E-state index contributed by atoms with van der Waals surface area (Å²) in [5, 5.41) is 3.30. The van der Waals surface area contributed by atoms with Gasteiger partial charge in [0.05, 0.1) is 11.0 Å². The maximum atomic E-state index is 13.1. The van der Waals surface area contributed by atoms with Crippen LogP contribution in [-0.4, -0.2) is 11.7 Å². The number of thioether (sulfide) groups is 1. The van der Waals surface area contributed by atoms with Crippen LogP contribution in [0.25, 0.3) is 0 Å². The second-order valence-corrected chi connectivity index (χ2v) is 9.63. The largest absolute Gasteiger partial charge is 0.457 e. The van der Waals surface area contributed by atoms with Crippen molar-refractivity contribution in [3.8, 4) is 11.5 Å². The molecule has 0 fully saturated rings. The number of para-hydroxylation sites is 3. The van der Waals surface area contributed by atoms with E-state index in [2.05, 4.69) is 63.3 Å². The molecule has 0 unspecified atom stereocenters. The Bertz CT molecular complexity index is 1020. The highest BCUT2D eigenvalue weighted by Crippen LogP contribution is 2.49. The summed E-state index contributed by atoms with van der Waals surface area (Å²) in [6, 6.07) is 22.5. The van der Waals surface area contributed by atoms with Crippen molar-refractivity contribution in [3.63, 3.8) is 0 Å². The lowest BCUT2D eigenvalue weighted by Crippen LogP contribution is -2.19. The molecule has 0 saturated carbocycles.